The molecule has 26 heavy (non-hydrogen) atoms. The lowest BCUT2D eigenvalue weighted by molar-refractivity contribution is 0.311. The molecule has 2 aromatic rings. The maximum Gasteiger partial charge on any atom is 0.261 e. The topological polar surface area (TPSA) is 61.9 Å². The first-order chi connectivity index (χ1) is 12.4. The monoisotopic (exact) mass is 395 g/mol. The summed E-state index contributed by atoms with van der Waals surface area (Å²) in [6.07, 6.45) is 0. The normalized spacial score (nSPS) is 15.7. The molecule has 0 spiro atoms. The first-order valence-corrected chi connectivity index (χ1v) is 10.1. The molecule has 140 valence electrons. The van der Waals surface area contributed by atoms with Gasteiger partial charge in [0.15, 0.2) is 0 Å². The number of likely N-dealkylation sites (N-methyl/N-ethyl adjacent to an activating group) is 1. The lowest BCUT2D eigenvalue weighted by Crippen LogP contribution is -2.44. The largest absolute Gasteiger partial charge is 0.495 e. The van der Waals surface area contributed by atoms with E-state index in [2.05, 4.69) is 21.6 Å². The van der Waals surface area contributed by atoms with Crippen LogP contribution in [0.4, 0.5) is 11.4 Å². The van der Waals surface area contributed by atoms with E-state index in [0.29, 0.717) is 10.7 Å². The van der Waals surface area contributed by atoms with E-state index >= 15 is 0 Å². The Bertz CT molecular complexity index is 881. The van der Waals surface area contributed by atoms with E-state index in [1.165, 1.54) is 12.1 Å². The van der Waals surface area contributed by atoms with Crippen LogP contribution in [0.3, 0.4) is 0 Å². The summed E-state index contributed by atoms with van der Waals surface area (Å²) in [6.45, 7) is 3.61. The minimum atomic E-state index is -3.71. The van der Waals surface area contributed by atoms with E-state index in [1.54, 1.807) is 31.4 Å². The minimum Gasteiger partial charge on any atom is -0.495 e. The Morgan fingerprint density at radius 2 is 1.81 bits per heavy atom. The number of benzene rings is 2. The Hall–Kier alpha value is -1.96. The molecule has 0 saturated carbocycles. The van der Waals surface area contributed by atoms with Gasteiger partial charge in [0, 0.05) is 31.2 Å². The molecular weight excluding hydrogens is 374 g/mol. The molecule has 0 radical (unpaired) electrons. The maximum atomic E-state index is 12.6. The molecular formula is C18H22ClN3O3S. The molecule has 6 nitrogen and oxygen atoms in total. The number of sulfonamides is 1. The summed E-state index contributed by atoms with van der Waals surface area (Å²) in [5, 5.41) is 0.376. The van der Waals surface area contributed by atoms with Crippen LogP contribution in [-0.2, 0) is 10.0 Å². The van der Waals surface area contributed by atoms with Crippen LogP contribution >= 0.6 is 11.6 Å². The molecule has 8 heteroatoms. The molecule has 1 fully saturated rings. The third kappa shape index (κ3) is 4.23. The van der Waals surface area contributed by atoms with Gasteiger partial charge in [0.2, 0.25) is 0 Å². The fourth-order valence-corrected chi connectivity index (χ4v) is 4.25. The van der Waals surface area contributed by atoms with Gasteiger partial charge in [-0.3, -0.25) is 4.72 Å². The average Bonchev–Trinajstić information content (AvgIpc) is 2.62. The number of hydrogen-bond acceptors (Lipinski definition) is 5. The van der Waals surface area contributed by atoms with Gasteiger partial charge in [0.1, 0.15) is 5.75 Å². The van der Waals surface area contributed by atoms with Crippen LogP contribution in [0.5, 0.6) is 5.75 Å². The van der Waals surface area contributed by atoms with Crippen LogP contribution in [0, 0.1) is 0 Å². The highest BCUT2D eigenvalue weighted by Crippen LogP contribution is 2.33. The Kier molecular flexibility index (Phi) is 5.60. The number of methoxy groups -OCH3 is 1. The minimum absolute atomic E-state index is 0.127. The number of piperazine rings is 1. The van der Waals surface area contributed by atoms with Crippen LogP contribution in [0.1, 0.15) is 0 Å². The van der Waals surface area contributed by atoms with Crippen molar-refractivity contribution in [3.8, 4) is 5.75 Å². The Labute approximate surface area is 159 Å². The van der Waals surface area contributed by atoms with Crippen molar-refractivity contribution in [1.82, 2.24) is 4.90 Å². The number of halogens is 1. The fraction of sp³-hybridized carbons (Fsp3) is 0.333. The van der Waals surface area contributed by atoms with Crippen molar-refractivity contribution in [1.29, 1.82) is 0 Å². The predicted molar refractivity (Wildman–Crippen MR) is 105 cm³/mol. The fourth-order valence-electron chi connectivity index (χ4n) is 2.90. The lowest BCUT2D eigenvalue weighted by Gasteiger charge is -2.35. The SMILES string of the molecule is COc1ccc(NS(=O)(=O)c2cccc(Cl)c2)cc1N1CCN(C)CC1. The predicted octanol–water partition coefficient (Wildman–Crippen LogP) is 2.90. The van der Waals surface area contributed by atoms with Gasteiger partial charge in [0.25, 0.3) is 10.0 Å². The van der Waals surface area contributed by atoms with Crippen molar-refractivity contribution in [3.05, 3.63) is 47.5 Å². The van der Waals surface area contributed by atoms with Crippen molar-refractivity contribution >= 4 is 33.0 Å². The standard InChI is InChI=1S/C18H22ClN3O3S/c1-21-8-10-22(11-9-21)17-13-15(6-7-18(17)25-2)20-26(23,24)16-5-3-4-14(19)12-16/h3-7,12-13,20H,8-11H2,1-2H3. The van der Waals surface area contributed by atoms with Gasteiger partial charge in [-0.1, -0.05) is 17.7 Å². The summed E-state index contributed by atoms with van der Waals surface area (Å²) < 4.78 is 33.3. The van der Waals surface area contributed by atoms with Crippen molar-refractivity contribution in [3.63, 3.8) is 0 Å². The molecule has 1 heterocycles. The van der Waals surface area contributed by atoms with E-state index in [4.69, 9.17) is 16.3 Å². The van der Waals surface area contributed by atoms with Crippen LogP contribution in [-0.4, -0.2) is 53.7 Å². The second-order valence-electron chi connectivity index (χ2n) is 6.24. The Morgan fingerprint density at radius 3 is 2.46 bits per heavy atom. The number of nitrogens with one attached hydrogen (secondary N) is 1. The summed E-state index contributed by atoms with van der Waals surface area (Å²) in [6, 6.07) is 11.5. The first-order valence-electron chi connectivity index (χ1n) is 8.29. The highest BCUT2D eigenvalue weighted by Gasteiger charge is 2.20. The van der Waals surface area contributed by atoms with Gasteiger partial charge in [-0.05, 0) is 43.4 Å². The first kappa shape index (κ1) is 18.8. The van der Waals surface area contributed by atoms with Gasteiger partial charge in [0.05, 0.1) is 23.4 Å². The molecule has 2 aromatic carbocycles. The third-order valence-electron chi connectivity index (χ3n) is 4.38. The number of rotatable bonds is 5. The van der Waals surface area contributed by atoms with Gasteiger partial charge in [-0.25, -0.2) is 8.42 Å². The number of hydrogen-bond donors (Lipinski definition) is 1. The molecule has 1 aliphatic rings. The molecule has 0 aromatic heterocycles. The average molecular weight is 396 g/mol. The summed E-state index contributed by atoms with van der Waals surface area (Å²) in [7, 11) is -0.0105. The molecule has 0 bridgehead atoms. The Balaban J connectivity index is 1.88. The molecule has 0 aliphatic carbocycles. The van der Waals surface area contributed by atoms with E-state index in [9.17, 15) is 8.42 Å². The highest BCUT2D eigenvalue weighted by molar-refractivity contribution is 7.92. The van der Waals surface area contributed by atoms with Gasteiger partial charge >= 0.3 is 0 Å². The number of nitrogens with zero attached hydrogens (tertiary/aromatic N) is 2. The lowest BCUT2D eigenvalue weighted by atomic mass is 10.2. The smallest absolute Gasteiger partial charge is 0.261 e. The van der Waals surface area contributed by atoms with Gasteiger partial charge in [-0.2, -0.15) is 0 Å². The second-order valence-corrected chi connectivity index (χ2v) is 8.36. The molecule has 0 amide bonds. The third-order valence-corrected chi connectivity index (χ3v) is 6.00. The van der Waals surface area contributed by atoms with Crippen molar-refractivity contribution in [2.24, 2.45) is 0 Å². The molecule has 3 rings (SSSR count). The number of anilines is 2. The van der Waals surface area contributed by atoms with Gasteiger partial charge < -0.3 is 14.5 Å². The van der Waals surface area contributed by atoms with Crippen LogP contribution in [0.15, 0.2) is 47.4 Å². The zero-order valence-corrected chi connectivity index (χ0v) is 16.3. The maximum absolute atomic E-state index is 12.6. The quantitative estimate of drug-likeness (QED) is 0.843. The van der Waals surface area contributed by atoms with E-state index in [-0.39, 0.29) is 4.90 Å². The second kappa shape index (κ2) is 7.73. The summed E-state index contributed by atoms with van der Waals surface area (Å²) in [5.74, 6) is 0.722. The summed E-state index contributed by atoms with van der Waals surface area (Å²) in [4.78, 5) is 4.59. The highest BCUT2D eigenvalue weighted by atomic mass is 35.5. The van der Waals surface area contributed by atoms with Crippen molar-refractivity contribution in [2.75, 3.05) is 50.0 Å². The van der Waals surface area contributed by atoms with E-state index in [1.807, 2.05) is 6.07 Å². The zero-order valence-electron chi connectivity index (χ0n) is 14.8. The van der Waals surface area contributed by atoms with E-state index < -0.39 is 10.0 Å². The van der Waals surface area contributed by atoms with Crippen LogP contribution in [0.25, 0.3) is 0 Å². The summed E-state index contributed by atoms with van der Waals surface area (Å²) in [5.41, 5.74) is 1.37. The summed E-state index contributed by atoms with van der Waals surface area (Å²) >= 11 is 5.91. The molecule has 1 N–H and O–H groups in total. The van der Waals surface area contributed by atoms with Crippen LogP contribution < -0.4 is 14.4 Å². The molecule has 1 aliphatic heterocycles. The van der Waals surface area contributed by atoms with Crippen LogP contribution in [0.2, 0.25) is 5.02 Å². The van der Waals surface area contributed by atoms with Gasteiger partial charge in [-0.15, -0.1) is 0 Å². The Morgan fingerprint density at radius 1 is 1.08 bits per heavy atom. The molecule has 0 atom stereocenters. The van der Waals surface area contributed by atoms with Crippen molar-refractivity contribution < 1.29 is 13.2 Å². The molecule has 1 saturated heterocycles. The van der Waals surface area contributed by atoms with Crippen molar-refractivity contribution in [2.45, 2.75) is 4.90 Å². The number of ether oxygens (including phenoxy) is 1. The zero-order chi connectivity index (χ0) is 18.7. The molecule has 0 unspecified atom stereocenters. The van der Waals surface area contributed by atoms with E-state index in [0.717, 1.165) is 37.6 Å².